The van der Waals surface area contributed by atoms with E-state index in [1.54, 1.807) is 24.2 Å². The standard InChI is InChI=1S/C15H14N4S/c1-3-14(4-2-13(1)15-17-9-10-20-15)19-18-11-12-5-7-16-8-6-12/h1-8H,9-11H2. The number of aliphatic imine (C=N–C) groups is 1. The molecule has 0 fully saturated rings. The first-order chi connectivity index (χ1) is 9.92. The van der Waals surface area contributed by atoms with Crippen molar-refractivity contribution in [2.24, 2.45) is 15.2 Å². The molecular weight excluding hydrogens is 268 g/mol. The van der Waals surface area contributed by atoms with Crippen LogP contribution in [0, 0.1) is 0 Å². The van der Waals surface area contributed by atoms with E-state index >= 15 is 0 Å². The second-order valence-corrected chi connectivity index (χ2v) is 5.42. The SMILES string of the molecule is c1cc(CN=Nc2ccc(C3=NCCS3)cc2)ccn1. The summed E-state index contributed by atoms with van der Waals surface area (Å²) in [7, 11) is 0. The van der Waals surface area contributed by atoms with Crippen molar-refractivity contribution in [3.8, 4) is 0 Å². The van der Waals surface area contributed by atoms with Gasteiger partial charge in [-0.05, 0) is 29.8 Å². The fourth-order valence-corrected chi connectivity index (χ4v) is 2.73. The number of hydrogen-bond acceptors (Lipinski definition) is 5. The number of hydrogen-bond donors (Lipinski definition) is 0. The lowest BCUT2D eigenvalue weighted by atomic mass is 10.2. The lowest BCUT2D eigenvalue weighted by Gasteiger charge is -1.99. The van der Waals surface area contributed by atoms with Crippen molar-refractivity contribution in [2.45, 2.75) is 6.54 Å². The van der Waals surface area contributed by atoms with Crippen molar-refractivity contribution >= 4 is 22.5 Å². The van der Waals surface area contributed by atoms with Gasteiger partial charge in [-0.15, -0.1) is 11.8 Å². The summed E-state index contributed by atoms with van der Waals surface area (Å²) in [4.78, 5) is 8.43. The van der Waals surface area contributed by atoms with Gasteiger partial charge in [0.2, 0.25) is 0 Å². The molecule has 0 radical (unpaired) electrons. The Hall–Kier alpha value is -2.01. The highest BCUT2D eigenvalue weighted by atomic mass is 32.2. The van der Waals surface area contributed by atoms with E-state index in [0.717, 1.165) is 28.6 Å². The lowest BCUT2D eigenvalue weighted by Crippen LogP contribution is -1.89. The molecule has 0 N–H and O–H groups in total. The third-order valence-corrected chi connectivity index (χ3v) is 3.91. The second-order valence-electron chi connectivity index (χ2n) is 4.34. The summed E-state index contributed by atoms with van der Waals surface area (Å²) in [6.07, 6.45) is 3.53. The predicted molar refractivity (Wildman–Crippen MR) is 82.8 cm³/mol. The highest BCUT2D eigenvalue weighted by Gasteiger charge is 2.08. The van der Waals surface area contributed by atoms with Crippen LogP contribution in [-0.4, -0.2) is 22.3 Å². The van der Waals surface area contributed by atoms with E-state index in [1.807, 2.05) is 24.3 Å². The van der Waals surface area contributed by atoms with E-state index in [4.69, 9.17) is 0 Å². The summed E-state index contributed by atoms with van der Waals surface area (Å²) in [5.41, 5.74) is 3.14. The molecule has 0 unspecified atom stereocenters. The first-order valence-corrected chi connectivity index (χ1v) is 7.44. The van der Waals surface area contributed by atoms with Crippen LogP contribution in [-0.2, 0) is 6.54 Å². The van der Waals surface area contributed by atoms with Crippen LogP contribution in [0.2, 0.25) is 0 Å². The molecule has 0 aliphatic carbocycles. The Balaban J connectivity index is 1.63. The van der Waals surface area contributed by atoms with Crippen LogP contribution in [0.4, 0.5) is 5.69 Å². The first-order valence-electron chi connectivity index (χ1n) is 6.46. The third-order valence-electron chi connectivity index (χ3n) is 2.89. The molecule has 2 aromatic rings. The van der Waals surface area contributed by atoms with Crippen LogP contribution in [0.5, 0.6) is 0 Å². The van der Waals surface area contributed by atoms with Crippen molar-refractivity contribution in [1.82, 2.24) is 4.98 Å². The number of nitrogens with zero attached hydrogens (tertiary/aromatic N) is 4. The maximum atomic E-state index is 4.46. The number of rotatable bonds is 4. The van der Waals surface area contributed by atoms with E-state index < -0.39 is 0 Å². The molecule has 5 heteroatoms. The van der Waals surface area contributed by atoms with Gasteiger partial charge in [-0.2, -0.15) is 10.2 Å². The van der Waals surface area contributed by atoms with Crippen LogP contribution in [0.1, 0.15) is 11.1 Å². The van der Waals surface area contributed by atoms with Gasteiger partial charge in [-0.25, -0.2) is 0 Å². The number of pyridine rings is 1. The van der Waals surface area contributed by atoms with E-state index in [9.17, 15) is 0 Å². The highest BCUT2D eigenvalue weighted by molar-refractivity contribution is 8.14. The van der Waals surface area contributed by atoms with Crippen LogP contribution in [0.25, 0.3) is 0 Å². The minimum Gasteiger partial charge on any atom is -0.277 e. The predicted octanol–water partition coefficient (Wildman–Crippen LogP) is 3.86. The highest BCUT2D eigenvalue weighted by Crippen LogP contribution is 2.21. The van der Waals surface area contributed by atoms with Gasteiger partial charge >= 0.3 is 0 Å². The molecule has 3 rings (SSSR count). The van der Waals surface area contributed by atoms with E-state index in [1.165, 1.54) is 5.56 Å². The number of azo groups is 1. The average Bonchev–Trinajstić information content (AvgIpc) is 3.03. The quantitative estimate of drug-likeness (QED) is 0.799. The Morgan fingerprint density at radius 3 is 2.55 bits per heavy atom. The molecule has 0 bridgehead atoms. The van der Waals surface area contributed by atoms with Crippen LogP contribution in [0.15, 0.2) is 64.0 Å². The minimum absolute atomic E-state index is 0.576. The van der Waals surface area contributed by atoms with Crippen molar-refractivity contribution in [1.29, 1.82) is 0 Å². The van der Waals surface area contributed by atoms with Gasteiger partial charge < -0.3 is 0 Å². The van der Waals surface area contributed by atoms with Crippen LogP contribution >= 0.6 is 11.8 Å². The van der Waals surface area contributed by atoms with Gasteiger partial charge in [0.05, 0.1) is 17.3 Å². The maximum absolute atomic E-state index is 4.46. The van der Waals surface area contributed by atoms with Gasteiger partial charge in [-0.3, -0.25) is 9.98 Å². The Bertz CT molecular complexity index is 620. The van der Waals surface area contributed by atoms with Gasteiger partial charge in [0, 0.05) is 30.3 Å². The van der Waals surface area contributed by atoms with Crippen LogP contribution < -0.4 is 0 Å². The van der Waals surface area contributed by atoms with E-state index in [2.05, 4.69) is 32.3 Å². The Morgan fingerprint density at radius 2 is 1.85 bits per heavy atom. The largest absolute Gasteiger partial charge is 0.277 e. The Kier molecular flexibility index (Phi) is 4.18. The molecule has 0 saturated carbocycles. The topological polar surface area (TPSA) is 50.0 Å². The molecule has 1 aromatic heterocycles. The summed E-state index contributed by atoms with van der Waals surface area (Å²) < 4.78 is 0. The zero-order chi connectivity index (χ0) is 13.6. The molecule has 1 aliphatic rings. The lowest BCUT2D eigenvalue weighted by molar-refractivity contribution is 0.955. The summed E-state index contributed by atoms with van der Waals surface area (Å²) in [5, 5.41) is 9.56. The maximum Gasteiger partial charge on any atom is 0.0977 e. The third kappa shape index (κ3) is 3.30. The monoisotopic (exact) mass is 282 g/mol. The number of thioether (sulfide) groups is 1. The van der Waals surface area contributed by atoms with Crippen LogP contribution in [0.3, 0.4) is 0 Å². The smallest absolute Gasteiger partial charge is 0.0977 e. The Morgan fingerprint density at radius 1 is 1.05 bits per heavy atom. The number of aromatic nitrogens is 1. The number of benzene rings is 1. The molecule has 0 amide bonds. The van der Waals surface area contributed by atoms with E-state index in [-0.39, 0.29) is 0 Å². The molecule has 0 atom stereocenters. The molecule has 1 aromatic carbocycles. The minimum atomic E-state index is 0.576. The molecular formula is C15H14N4S. The van der Waals surface area contributed by atoms with Crippen molar-refractivity contribution < 1.29 is 0 Å². The van der Waals surface area contributed by atoms with Gasteiger partial charge in [0.15, 0.2) is 0 Å². The fraction of sp³-hybridized carbons (Fsp3) is 0.200. The average molecular weight is 282 g/mol. The molecule has 1 aliphatic heterocycles. The molecule has 0 saturated heterocycles. The summed E-state index contributed by atoms with van der Waals surface area (Å²) in [6, 6.07) is 11.9. The normalized spacial score (nSPS) is 14.7. The summed E-state index contributed by atoms with van der Waals surface area (Å²) in [6.45, 7) is 1.50. The molecule has 4 nitrogen and oxygen atoms in total. The zero-order valence-corrected chi connectivity index (χ0v) is 11.8. The molecule has 2 heterocycles. The first kappa shape index (κ1) is 13.0. The summed E-state index contributed by atoms with van der Waals surface area (Å²) in [5.74, 6) is 1.09. The molecule has 20 heavy (non-hydrogen) atoms. The summed E-state index contributed by atoms with van der Waals surface area (Å²) >= 11 is 1.81. The molecule has 0 spiro atoms. The van der Waals surface area contributed by atoms with Gasteiger partial charge in [0.1, 0.15) is 0 Å². The zero-order valence-electron chi connectivity index (χ0n) is 10.9. The van der Waals surface area contributed by atoms with Crippen molar-refractivity contribution in [2.75, 3.05) is 12.3 Å². The van der Waals surface area contributed by atoms with Crippen molar-refractivity contribution in [3.63, 3.8) is 0 Å². The van der Waals surface area contributed by atoms with Gasteiger partial charge in [0.25, 0.3) is 0 Å². The van der Waals surface area contributed by atoms with Crippen molar-refractivity contribution in [3.05, 3.63) is 59.9 Å². The Labute approximate surface area is 122 Å². The fourth-order valence-electron chi connectivity index (χ4n) is 1.87. The second kappa shape index (κ2) is 6.43. The van der Waals surface area contributed by atoms with Gasteiger partial charge in [-0.1, -0.05) is 12.1 Å². The van der Waals surface area contributed by atoms with E-state index in [0.29, 0.717) is 6.54 Å². The molecule has 100 valence electrons.